The molecule has 19 heavy (non-hydrogen) atoms. The Kier molecular flexibility index (Phi) is 8.77. The second-order valence-corrected chi connectivity index (χ2v) is 5.78. The fraction of sp³-hybridized carbons (Fsp3) is 0.882. The van der Waals surface area contributed by atoms with E-state index < -0.39 is 0 Å². The third-order valence-corrected chi connectivity index (χ3v) is 4.12. The fourth-order valence-corrected chi connectivity index (χ4v) is 2.89. The molecule has 0 saturated heterocycles. The zero-order chi connectivity index (χ0) is 13.9. The van der Waals surface area contributed by atoms with E-state index in [0.717, 1.165) is 0 Å². The van der Waals surface area contributed by atoms with Crippen molar-refractivity contribution in [1.82, 2.24) is 9.80 Å². The molecule has 2 heteroatoms. The summed E-state index contributed by atoms with van der Waals surface area (Å²) in [6.07, 6.45) is 17.4. The van der Waals surface area contributed by atoms with Crippen LogP contribution in [0.2, 0.25) is 0 Å². The molecule has 1 aliphatic rings. The average molecular weight is 266 g/mol. The Labute approximate surface area is 120 Å². The van der Waals surface area contributed by atoms with Gasteiger partial charge in [0.2, 0.25) is 0 Å². The minimum atomic E-state index is 0.627. The molecule has 1 unspecified atom stereocenters. The van der Waals surface area contributed by atoms with Crippen LogP contribution >= 0.6 is 0 Å². The summed E-state index contributed by atoms with van der Waals surface area (Å²) < 4.78 is 0. The van der Waals surface area contributed by atoms with E-state index >= 15 is 0 Å². The molecule has 0 aliphatic carbocycles. The van der Waals surface area contributed by atoms with E-state index in [-0.39, 0.29) is 0 Å². The van der Waals surface area contributed by atoms with E-state index in [0.29, 0.717) is 6.17 Å². The highest BCUT2D eigenvalue weighted by Gasteiger charge is 2.23. The van der Waals surface area contributed by atoms with Crippen molar-refractivity contribution >= 4 is 0 Å². The van der Waals surface area contributed by atoms with Crippen LogP contribution in [0.25, 0.3) is 0 Å². The molecule has 1 atom stereocenters. The van der Waals surface area contributed by atoms with Crippen LogP contribution in [0.4, 0.5) is 0 Å². The van der Waals surface area contributed by atoms with Gasteiger partial charge in [-0.1, -0.05) is 59.3 Å². The van der Waals surface area contributed by atoms with Crippen molar-refractivity contribution < 1.29 is 0 Å². The van der Waals surface area contributed by atoms with Gasteiger partial charge in [-0.3, -0.25) is 0 Å². The van der Waals surface area contributed by atoms with Crippen molar-refractivity contribution in [3.8, 4) is 0 Å². The predicted octanol–water partition coefficient (Wildman–Crippen LogP) is 4.97. The first-order valence-corrected chi connectivity index (χ1v) is 8.53. The maximum absolute atomic E-state index is 2.55. The maximum Gasteiger partial charge on any atom is 0.100 e. The first-order valence-electron chi connectivity index (χ1n) is 8.53. The molecule has 1 aliphatic heterocycles. The molecule has 0 aromatic carbocycles. The van der Waals surface area contributed by atoms with Gasteiger partial charge in [-0.25, -0.2) is 0 Å². The molecule has 0 N–H and O–H groups in total. The summed E-state index contributed by atoms with van der Waals surface area (Å²) in [5, 5.41) is 0. The Morgan fingerprint density at radius 1 is 0.684 bits per heavy atom. The number of hydrogen-bond donors (Lipinski definition) is 0. The summed E-state index contributed by atoms with van der Waals surface area (Å²) in [6, 6.07) is 0. The Hall–Kier alpha value is -0.660. The zero-order valence-corrected chi connectivity index (χ0v) is 13.4. The number of nitrogens with zero attached hydrogens (tertiary/aromatic N) is 2. The molecular formula is C17H34N2. The van der Waals surface area contributed by atoms with Crippen LogP contribution in [-0.4, -0.2) is 29.1 Å². The number of unbranched alkanes of at least 4 members (excludes halogenated alkanes) is 6. The van der Waals surface area contributed by atoms with Gasteiger partial charge >= 0.3 is 0 Å². The Morgan fingerprint density at radius 2 is 1.21 bits per heavy atom. The van der Waals surface area contributed by atoms with E-state index in [4.69, 9.17) is 0 Å². The van der Waals surface area contributed by atoms with Crippen LogP contribution in [0.5, 0.6) is 0 Å². The van der Waals surface area contributed by atoms with Crippen molar-refractivity contribution in [2.24, 2.45) is 0 Å². The predicted molar refractivity (Wildman–Crippen MR) is 84.9 cm³/mol. The summed E-state index contributed by atoms with van der Waals surface area (Å²) in [5.41, 5.74) is 0. The van der Waals surface area contributed by atoms with Crippen molar-refractivity contribution in [2.45, 2.75) is 84.7 Å². The van der Waals surface area contributed by atoms with Gasteiger partial charge in [-0.15, -0.1) is 0 Å². The average Bonchev–Trinajstić information content (AvgIpc) is 2.82. The lowest BCUT2D eigenvalue weighted by atomic mass is 10.1. The Bertz CT molecular complexity index is 237. The molecule has 0 spiro atoms. The standard InChI is InChI=1S/C17H34N2/c1-4-7-9-10-11-12-14-19-16-15-18(13-8-5-2)17(19)6-3/h15-17H,4-14H2,1-3H3. The van der Waals surface area contributed by atoms with Crippen LogP contribution < -0.4 is 0 Å². The van der Waals surface area contributed by atoms with Gasteiger partial charge in [-0.2, -0.15) is 0 Å². The number of hydrogen-bond acceptors (Lipinski definition) is 2. The first-order chi connectivity index (χ1) is 9.33. The van der Waals surface area contributed by atoms with E-state index in [2.05, 4.69) is 43.0 Å². The van der Waals surface area contributed by atoms with Crippen molar-refractivity contribution in [3.63, 3.8) is 0 Å². The highest BCUT2D eigenvalue weighted by Crippen LogP contribution is 2.20. The SMILES string of the molecule is CCCCCCCCN1C=CN(CCCC)C1CC. The largest absolute Gasteiger partial charge is 0.356 e. The molecule has 0 radical (unpaired) electrons. The summed E-state index contributed by atoms with van der Waals surface area (Å²) in [7, 11) is 0. The van der Waals surface area contributed by atoms with Crippen molar-refractivity contribution in [3.05, 3.63) is 12.4 Å². The second-order valence-electron chi connectivity index (χ2n) is 5.78. The quantitative estimate of drug-likeness (QED) is 0.487. The maximum atomic E-state index is 2.55. The van der Waals surface area contributed by atoms with E-state index in [1.807, 2.05) is 0 Å². The van der Waals surface area contributed by atoms with Crippen LogP contribution in [0.3, 0.4) is 0 Å². The van der Waals surface area contributed by atoms with Gasteiger partial charge < -0.3 is 9.80 Å². The summed E-state index contributed by atoms with van der Waals surface area (Å²) in [4.78, 5) is 5.08. The molecular weight excluding hydrogens is 232 g/mol. The van der Waals surface area contributed by atoms with Crippen LogP contribution in [0.1, 0.15) is 78.6 Å². The van der Waals surface area contributed by atoms with E-state index in [9.17, 15) is 0 Å². The van der Waals surface area contributed by atoms with Gasteiger partial charge in [0.15, 0.2) is 0 Å². The zero-order valence-electron chi connectivity index (χ0n) is 13.4. The molecule has 0 saturated carbocycles. The first kappa shape index (κ1) is 16.4. The lowest BCUT2D eigenvalue weighted by molar-refractivity contribution is 0.144. The van der Waals surface area contributed by atoms with Gasteiger partial charge in [0, 0.05) is 25.5 Å². The molecule has 112 valence electrons. The van der Waals surface area contributed by atoms with E-state index in [1.165, 1.54) is 70.9 Å². The monoisotopic (exact) mass is 266 g/mol. The fourth-order valence-electron chi connectivity index (χ4n) is 2.89. The summed E-state index contributed by atoms with van der Waals surface area (Å²) in [6.45, 7) is 9.33. The van der Waals surface area contributed by atoms with Crippen LogP contribution in [0.15, 0.2) is 12.4 Å². The Morgan fingerprint density at radius 3 is 1.79 bits per heavy atom. The summed E-state index contributed by atoms with van der Waals surface area (Å²) in [5.74, 6) is 0. The minimum absolute atomic E-state index is 0.627. The molecule has 2 nitrogen and oxygen atoms in total. The van der Waals surface area contributed by atoms with Gasteiger partial charge in [0.05, 0.1) is 0 Å². The topological polar surface area (TPSA) is 6.48 Å². The lowest BCUT2D eigenvalue weighted by Gasteiger charge is -2.32. The van der Waals surface area contributed by atoms with Gasteiger partial charge in [0.25, 0.3) is 0 Å². The third-order valence-electron chi connectivity index (χ3n) is 4.12. The highest BCUT2D eigenvalue weighted by atomic mass is 15.4. The van der Waals surface area contributed by atoms with Crippen LogP contribution in [-0.2, 0) is 0 Å². The third kappa shape index (κ3) is 5.88. The van der Waals surface area contributed by atoms with Crippen LogP contribution in [0, 0.1) is 0 Å². The lowest BCUT2D eigenvalue weighted by Crippen LogP contribution is -2.38. The molecule has 1 heterocycles. The Balaban J connectivity index is 2.17. The number of rotatable bonds is 11. The highest BCUT2D eigenvalue weighted by molar-refractivity contribution is 4.96. The van der Waals surface area contributed by atoms with Crippen molar-refractivity contribution in [1.29, 1.82) is 0 Å². The molecule has 0 amide bonds. The normalized spacial score (nSPS) is 18.6. The smallest absolute Gasteiger partial charge is 0.100 e. The van der Waals surface area contributed by atoms with Crippen molar-refractivity contribution in [2.75, 3.05) is 13.1 Å². The van der Waals surface area contributed by atoms with Gasteiger partial charge in [-0.05, 0) is 19.3 Å². The minimum Gasteiger partial charge on any atom is -0.356 e. The molecule has 0 aromatic rings. The second kappa shape index (κ2) is 10.2. The molecule has 1 rings (SSSR count). The molecule has 0 bridgehead atoms. The summed E-state index contributed by atoms with van der Waals surface area (Å²) >= 11 is 0. The molecule has 0 fully saturated rings. The molecule has 0 aromatic heterocycles. The van der Waals surface area contributed by atoms with E-state index in [1.54, 1.807) is 0 Å². The van der Waals surface area contributed by atoms with Gasteiger partial charge in [0.1, 0.15) is 6.17 Å².